The molecule has 2 aromatic rings. The van der Waals surface area contributed by atoms with E-state index < -0.39 is 0 Å². The lowest BCUT2D eigenvalue weighted by atomic mass is 10.2. The number of hydrogen-bond acceptors (Lipinski definition) is 6. The molecule has 3 rings (SSSR count). The Labute approximate surface area is 145 Å². The van der Waals surface area contributed by atoms with Crippen LogP contribution in [-0.2, 0) is 0 Å². The van der Waals surface area contributed by atoms with Gasteiger partial charge in [-0.2, -0.15) is 9.97 Å². The molecular formula is C17H19FN4O3. The summed E-state index contributed by atoms with van der Waals surface area (Å²) in [6.45, 7) is 2.36. The second kappa shape index (κ2) is 7.33. The molecule has 0 radical (unpaired) electrons. The average molecular weight is 346 g/mol. The predicted octanol–water partition coefficient (Wildman–Crippen LogP) is 1.60. The number of carbonyl (C=O) groups excluding carboxylic acids is 1. The van der Waals surface area contributed by atoms with Crippen molar-refractivity contribution in [2.75, 3.05) is 45.3 Å². The third kappa shape index (κ3) is 3.78. The van der Waals surface area contributed by atoms with E-state index >= 15 is 0 Å². The van der Waals surface area contributed by atoms with E-state index in [2.05, 4.69) is 14.9 Å². The molecule has 0 bridgehead atoms. The molecule has 1 fully saturated rings. The smallest absolute Gasteiger partial charge is 0.292 e. The number of rotatable bonds is 4. The van der Waals surface area contributed by atoms with Crippen LogP contribution in [0.3, 0.4) is 0 Å². The molecule has 0 spiro atoms. The summed E-state index contributed by atoms with van der Waals surface area (Å²) < 4.78 is 23.2. The van der Waals surface area contributed by atoms with E-state index in [4.69, 9.17) is 9.47 Å². The summed E-state index contributed by atoms with van der Waals surface area (Å²) in [6, 6.07) is 7.86. The van der Waals surface area contributed by atoms with Crippen molar-refractivity contribution in [3.63, 3.8) is 0 Å². The number of aromatic nitrogens is 2. The zero-order chi connectivity index (χ0) is 17.8. The number of piperazine rings is 1. The molecular weight excluding hydrogens is 327 g/mol. The van der Waals surface area contributed by atoms with E-state index in [1.165, 1.54) is 32.4 Å². The molecule has 1 saturated heterocycles. The standard InChI is InChI=1S/C17H19FN4O3/c1-24-14-11-15(25-2)20-16(19-14)17(23)22-9-7-21(8-10-22)13-5-3-12(18)4-6-13/h3-6,11H,7-10H2,1-2H3. The van der Waals surface area contributed by atoms with Gasteiger partial charge in [-0.3, -0.25) is 4.79 Å². The second-order valence-electron chi connectivity index (χ2n) is 5.53. The zero-order valence-corrected chi connectivity index (χ0v) is 14.1. The van der Waals surface area contributed by atoms with Crippen LogP contribution in [0.2, 0.25) is 0 Å². The topological polar surface area (TPSA) is 67.8 Å². The molecule has 7 nitrogen and oxygen atoms in total. The summed E-state index contributed by atoms with van der Waals surface area (Å²) in [4.78, 5) is 24.6. The molecule has 0 N–H and O–H groups in total. The predicted molar refractivity (Wildman–Crippen MR) is 89.7 cm³/mol. The first-order chi connectivity index (χ1) is 12.1. The van der Waals surface area contributed by atoms with Crippen LogP contribution in [0.25, 0.3) is 0 Å². The van der Waals surface area contributed by atoms with Crippen LogP contribution in [-0.4, -0.2) is 61.2 Å². The number of carbonyl (C=O) groups is 1. The fourth-order valence-electron chi connectivity index (χ4n) is 2.67. The monoisotopic (exact) mass is 346 g/mol. The van der Waals surface area contributed by atoms with Gasteiger partial charge in [0.15, 0.2) is 0 Å². The van der Waals surface area contributed by atoms with Gasteiger partial charge < -0.3 is 19.3 Å². The molecule has 1 aliphatic rings. The number of anilines is 1. The van der Waals surface area contributed by atoms with Crippen LogP contribution in [0.4, 0.5) is 10.1 Å². The first kappa shape index (κ1) is 16.9. The van der Waals surface area contributed by atoms with Gasteiger partial charge >= 0.3 is 0 Å². The Morgan fingerprint density at radius 1 is 1.00 bits per heavy atom. The third-order valence-electron chi connectivity index (χ3n) is 4.05. The molecule has 0 saturated carbocycles. The van der Waals surface area contributed by atoms with Gasteiger partial charge in [-0.05, 0) is 24.3 Å². The lowest BCUT2D eigenvalue weighted by molar-refractivity contribution is 0.0732. The van der Waals surface area contributed by atoms with E-state index in [0.29, 0.717) is 26.2 Å². The van der Waals surface area contributed by atoms with Crippen molar-refractivity contribution in [3.8, 4) is 11.8 Å². The van der Waals surface area contributed by atoms with E-state index in [1.807, 2.05) is 0 Å². The number of ether oxygens (including phenoxy) is 2. The molecule has 0 atom stereocenters. The highest BCUT2D eigenvalue weighted by atomic mass is 19.1. The molecule has 8 heteroatoms. The summed E-state index contributed by atoms with van der Waals surface area (Å²) in [5, 5.41) is 0. The number of amides is 1. The lowest BCUT2D eigenvalue weighted by Crippen LogP contribution is -2.49. The maximum atomic E-state index is 13.0. The summed E-state index contributed by atoms with van der Waals surface area (Å²) >= 11 is 0. The van der Waals surface area contributed by atoms with Crippen LogP contribution in [0.5, 0.6) is 11.8 Å². The van der Waals surface area contributed by atoms with E-state index in [0.717, 1.165) is 5.69 Å². The first-order valence-corrected chi connectivity index (χ1v) is 7.87. The van der Waals surface area contributed by atoms with Gasteiger partial charge in [0.05, 0.1) is 20.3 Å². The normalized spacial score (nSPS) is 14.4. The van der Waals surface area contributed by atoms with E-state index in [9.17, 15) is 9.18 Å². The fraction of sp³-hybridized carbons (Fsp3) is 0.353. The quantitative estimate of drug-likeness (QED) is 0.838. The van der Waals surface area contributed by atoms with Crippen LogP contribution in [0, 0.1) is 5.82 Å². The van der Waals surface area contributed by atoms with Crippen molar-refractivity contribution in [2.24, 2.45) is 0 Å². The number of halogens is 1. The highest BCUT2D eigenvalue weighted by Crippen LogP contribution is 2.19. The molecule has 1 aliphatic heterocycles. The Balaban J connectivity index is 1.68. The second-order valence-corrected chi connectivity index (χ2v) is 5.53. The van der Waals surface area contributed by atoms with E-state index in [1.54, 1.807) is 17.0 Å². The largest absolute Gasteiger partial charge is 0.481 e. The Hall–Kier alpha value is -2.90. The van der Waals surface area contributed by atoms with Crippen molar-refractivity contribution in [3.05, 3.63) is 42.0 Å². The van der Waals surface area contributed by atoms with Crippen molar-refractivity contribution < 1.29 is 18.7 Å². The van der Waals surface area contributed by atoms with Gasteiger partial charge in [0.25, 0.3) is 5.91 Å². The fourth-order valence-corrected chi connectivity index (χ4v) is 2.67. The van der Waals surface area contributed by atoms with Crippen LogP contribution in [0.1, 0.15) is 10.6 Å². The summed E-state index contributed by atoms with van der Waals surface area (Å²) in [5.74, 6) is 0.0735. The molecule has 0 aliphatic carbocycles. The van der Waals surface area contributed by atoms with Crippen molar-refractivity contribution in [1.29, 1.82) is 0 Å². The Morgan fingerprint density at radius 3 is 2.08 bits per heavy atom. The SMILES string of the molecule is COc1cc(OC)nc(C(=O)N2CCN(c3ccc(F)cc3)CC2)n1. The summed E-state index contributed by atoms with van der Waals surface area (Å²) in [5.41, 5.74) is 0.938. The molecule has 0 unspecified atom stereocenters. The number of hydrogen-bond donors (Lipinski definition) is 0. The Morgan fingerprint density at radius 2 is 1.56 bits per heavy atom. The van der Waals surface area contributed by atoms with Gasteiger partial charge in [-0.15, -0.1) is 0 Å². The van der Waals surface area contributed by atoms with Gasteiger partial charge in [-0.25, -0.2) is 4.39 Å². The zero-order valence-electron chi connectivity index (χ0n) is 14.1. The van der Waals surface area contributed by atoms with Crippen molar-refractivity contribution in [2.45, 2.75) is 0 Å². The van der Waals surface area contributed by atoms with E-state index in [-0.39, 0.29) is 29.3 Å². The summed E-state index contributed by atoms with van der Waals surface area (Å²) in [7, 11) is 2.94. The maximum Gasteiger partial charge on any atom is 0.292 e. The molecule has 25 heavy (non-hydrogen) atoms. The molecule has 1 aromatic heterocycles. The molecule has 2 heterocycles. The van der Waals surface area contributed by atoms with Gasteiger partial charge in [-0.1, -0.05) is 0 Å². The average Bonchev–Trinajstić information content (AvgIpc) is 2.67. The first-order valence-electron chi connectivity index (χ1n) is 7.87. The number of methoxy groups -OCH3 is 2. The minimum absolute atomic E-state index is 0.0476. The Kier molecular flexibility index (Phi) is 4.97. The van der Waals surface area contributed by atoms with Crippen LogP contribution < -0.4 is 14.4 Å². The van der Waals surface area contributed by atoms with Gasteiger partial charge in [0.2, 0.25) is 17.6 Å². The number of nitrogens with zero attached hydrogens (tertiary/aromatic N) is 4. The minimum Gasteiger partial charge on any atom is -0.481 e. The molecule has 1 amide bonds. The minimum atomic E-state index is -0.268. The van der Waals surface area contributed by atoms with Crippen molar-refractivity contribution >= 4 is 11.6 Å². The third-order valence-corrected chi connectivity index (χ3v) is 4.05. The number of benzene rings is 1. The molecule has 132 valence electrons. The van der Waals surface area contributed by atoms with Gasteiger partial charge in [0, 0.05) is 31.9 Å². The Bertz CT molecular complexity index is 724. The van der Waals surface area contributed by atoms with Crippen molar-refractivity contribution in [1.82, 2.24) is 14.9 Å². The highest BCUT2D eigenvalue weighted by Gasteiger charge is 2.25. The maximum absolute atomic E-state index is 13.0. The van der Waals surface area contributed by atoms with Gasteiger partial charge in [0.1, 0.15) is 5.82 Å². The lowest BCUT2D eigenvalue weighted by Gasteiger charge is -2.35. The highest BCUT2D eigenvalue weighted by molar-refractivity contribution is 5.91. The van der Waals surface area contributed by atoms with Crippen LogP contribution in [0.15, 0.2) is 30.3 Å². The molecule has 1 aromatic carbocycles. The summed E-state index contributed by atoms with van der Waals surface area (Å²) in [6.07, 6.45) is 0. The van der Waals surface area contributed by atoms with Crippen LogP contribution >= 0.6 is 0 Å².